The van der Waals surface area contributed by atoms with Crippen LogP contribution >= 0.6 is 0 Å². The second-order valence-corrected chi connectivity index (χ2v) is 17.4. The highest BCUT2D eigenvalue weighted by Crippen LogP contribution is 2.15. The molecule has 332 valence electrons. The zero-order chi connectivity index (χ0) is 48.6. The molecule has 0 heteroatoms. The summed E-state index contributed by atoms with van der Waals surface area (Å²) in [5.74, 6) is 46.1. The van der Waals surface area contributed by atoms with Crippen LogP contribution in [0.1, 0.15) is 100 Å². The Bertz CT molecular complexity index is 3560. The van der Waals surface area contributed by atoms with Gasteiger partial charge in [0.1, 0.15) is 0 Å². The zero-order valence-corrected chi connectivity index (χ0v) is 39.6. The van der Waals surface area contributed by atoms with E-state index in [0.29, 0.717) is 0 Å². The van der Waals surface area contributed by atoms with Crippen LogP contribution in [0.4, 0.5) is 0 Å². The summed E-state index contributed by atoms with van der Waals surface area (Å²) in [6.07, 6.45) is 3.81. The fourth-order valence-electron chi connectivity index (χ4n) is 7.79. The van der Waals surface area contributed by atoms with E-state index in [2.05, 4.69) is 180 Å². The average molecular weight is 909 g/mol. The van der Waals surface area contributed by atoms with Gasteiger partial charge >= 0.3 is 0 Å². The highest BCUT2D eigenvalue weighted by Gasteiger charge is 2.01. The molecule has 0 aliphatic heterocycles. The molecule has 0 radical (unpaired) electrons. The average Bonchev–Trinajstić information content (AvgIpc) is 3.44. The fraction of sp³-hybridized carbons (Fsp3) is 0.0556. The van der Waals surface area contributed by atoms with E-state index in [-0.39, 0.29) is 0 Å². The molecule has 10 aliphatic rings. The third-order valence-corrected chi connectivity index (χ3v) is 12.1. The van der Waals surface area contributed by atoms with E-state index in [9.17, 15) is 0 Å². The molecule has 0 spiro atoms. The van der Waals surface area contributed by atoms with Gasteiger partial charge < -0.3 is 0 Å². The lowest BCUT2D eigenvalue weighted by molar-refractivity contribution is 0.960. The Morgan fingerprint density at radius 2 is 0.208 bits per heavy atom. The lowest BCUT2D eigenvalue weighted by atomic mass is 10.0. The van der Waals surface area contributed by atoms with Crippen molar-refractivity contribution in [2.75, 3.05) is 0 Å². The van der Waals surface area contributed by atoms with E-state index >= 15 is 0 Å². The molecule has 10 aliphatic carbocycles. The van der Waals surface area contributed by atoms with Crippen LogP contribution in [-0.4, -0.2) is 0 Å². The molecule has 19 rings (SSSR count). The van der Waals surface area contributed by atoms with Crippen LogP contribution in [0.25, 0.3) is 0 Å². The first-order chi connectivity index (χ1) is 35.5. The molecule has 0 saturated carbocycles. The van der Waals surface area contributed by atoms with Crippen LogP contribution in [0, 0.1) is 82.9 Å². The van der Waals surface area contributed by atoms with Crippen LogP contribution in [0.3, 0.4) is 0 Å². The molecular weight excluding hydrogens is 865 g/mol. The summed E-state index contributed by atoms with van der Waals surface area (Å²) < 4.78 is 0. The predicted octanol–water partition coefficient (Wildman–Crippen LogP) is 13.4. The Morgan fingerprint density at radius 3 is 0.306 bits per heavy atom. The van der Waals surface area contributed by atoms with Crippen LogP contribution in [0.15, 0.2) is 218 Å². The van der Waals surface area contributed by atoms with Crippen molar-refractivity contribution in [2.24, 2.45) is 0 Å². The van der Waals surface area contributed by atoms with E-state index in [1.807, 2.05) is 121 Å². The minimum Gasteiger partial charge on any atom is -0.0617 e. The molecule has 9 aromatic carbocycles. The van der Waals surface area contributed by atoms with Crippen molar-refractivity contribution >= 4 is 0 Å². The Hall–Kier alpha value is -10.1. The van der Waals surface area contributed by atoms with E-state index in [1.165, 1.54) is 22.3 Å². The molecule has 0 amide bonds. The van der Waals surface area contributed by atoms with Gasteiger partial charge in [0.25, 0.3) is 0 Å². The first kappa shape index (κ1) is 45.7. The van der Waals surface area contributed by atoms with Gasteiger partial charge in [-0.15, -0.1) is 0 Å². The third kappa shape index (κ3) is 13.3. The molecule has 18 bridgehead atoms. The molecule has 0 heterocycles. The Balaban J connectivity index is 0.821. The minimum absolute atomic E-state index is 0.929. The quantitative estimate of drug-likeness (QED) is 0.133. The molecule has 0 saturated heterocycles. The summed E-state index contributed by atoms with van der Waals surface area (Å²) in [7, 11) is 0. The summed E-state index contributed by atoms with van der Waals surface area (Å²) in [5.41, 5.74) is 18.5. The zero-order valence-electron chi connectivity index (χ0n) is 39.6. The Morgan fingerprint density at radius 1 is 0.125 bits per heavy atom. The smallest absolute Gasteiger partial charge is 0.0249 e. The second-order valence-electron chi connectivity index (χ2n) is 17.4. The van der Waals surface area contributed by atoms with Crippen molar-refractivity contribution in [3.8, 4) is 82.9 Å². The summed E-state index contributed by atoms with van der Waals surface area (Å²) in [5, 5.41) is 0. The lowest BCUT2D eigenvalue weighted by Gasteiger charge is -2.03. The number of hydrogen-bond donors (Lipinski definition) is 0. The number of benzene rings is 9. The SMILES string of the molecule is C1#Cc2ccc(cc2)C#Cc2ccc(cc2)C#Cc2ccc(cc2)CCc2ccc(cc2)C#Cc2ccc(cc2)C#Cc2ccc(cc2)CCc2ccc(cc2)C#Cc2ccc(cc2)C#Cc2ccc1cc2. The molecule has 72 heavy (non-hydrogen) atoms. The van der Waals surface area contributed by atoms with Crippen LogP contribution < -0.4 is 0 Å². The van der Waals surface area contributed by atoms with Gasteiger partial charge in [0.2, 0.25) is 0 Å². The first-order valence-electron chi connectivity index (χ1n) is 24.1. The second kappa shape index (κ2) is 22.8. The summed E-state index contributed by atoms with van der Waals surface area (Å²) in [6.45, 7) is 0. The molecule has 0 atom stereocenters. The summed E-state index contributed by atoms with van der Waals surface area (Å²) in [4.78, 5) is 0. The van der Waals surface area contributed by atoms with Crippen LogP contribution in [-0.2, 0) is 25.7 Å². The molecule has 0 unspecified atom stereocenters. The normalized spacial score (nSPS) is 11.4. The van der Waals surface area contributed by atoms with E-state index < -0.39 is 0 Å². The van der Waals surface area contributed by atoms with Gasteiger partial charge in [-0.05, 0) is 218 Å². The standard InChI is InChI=1S/C72H44/c1-2-56-4-3-55(1)37-38-57-5-7-59(8-6-57)41-42-61-13-15-63(16-14-61)45-46-65-21-23-67(24-22-65)49-50-69-29-31-71(32-30-69)53-54-72-35-33-70(34-36-72)52-51-68-27-25-66(26-28-68)48-47-64-19-17-62(18-20-64)44-43-60-11-9-58(10-12-60)40-39-56/h1-36H,37-38,47-48H2. The highest BCUT2D eigenvalue weighted by atomic mass is 14.1. The number of hydrogen-bond acceptors (Lipinski definition) is 0. The van der Waals surface area contributed by atoms with Gasteiger partial charge in [0, 0.05) is 77.9 Å². The molecule has 0 aromatic heterocycles. The van der Waals surface area contributed by atoms with Crippen LogP contribution in [0.5, 0.6) is 0 Å². The lowest BCUT2D eigenvalue weighted by Crippen LogP contribution is -1.92. The van der Waals surface area contributed by atoms with E-state index in [4.69, 9.17) is 0 Å². The van der Waals surface area contributed by atoms with Crippen molar-refractivity contribution in [2.45, 2.75) is 25.7 Å². The molecule has 0 fully saturated rings. The largest absolute Gasteiger partial charge is 0.0617 e. The van der Waals surface area contributed by atoms with Crippen molar-refractivity contribution < 1.29 is 0 Å². The van der Waals surface area contributed by atoms with Gasteiger partial charge in [-0.25, -0.2) is 0 Å². The van der Waals surface area contributed by atoms with Gasteiger partial charge in [-0.3, -0.25) is 0 Å². The highest BCUT2D eigenvalue weighted by molar-refractivity contribution is 5.54. The number of rotatable bonds is 0. The summed E-state index contributed by atoms with van der Waals surface area (Å²) in [6, 6.07) is 74.6. The summed E-state index contributed by atoms with van der Waals surface area (Å²) >= 11 is 0. The molecular formula is C72H44. The van der Waals surface area contributed by atoms with Gasteiger partial charge in [-0.1, -0.05) is 131 Å². The minimum atomic E-state index is 0.929. The maximum absolute atomic E-state index is 3.32. The predicted molar refractivity (Wildman–Crippen MR) is 295 cm³/mol. The molecule has 0 N–H and O–H groups in total. The number of aryl methyl sites for hydroxylation is 4. The van der Waals surface area contributed by atoms with E-state index in [1.54, 1.807) is 0 Å². The van der Waals surface area contributed by atoms with Crippen LogP contribution in [0.2, 0.25) is 0 Å². The molecule has 9 aromatic rings. The van der Waals surface area contributed by atoms with Crippen molar-refractivity contribution in [3.05, 3.63) is 319 Å². The first-order valence-corrected chi connectivity index (χ1v) is 24.1. The Kier molecular flexibility index (Phi) is 14.5. The third-order valence-electron chi connectivity index (χ3n) is 12.1. The van der Waals surface area contributed by atoms with Crippen molar-refractivity contribution in [3.63, 3.8) is 0 Å². The van der Waals surface area contributed by atoms with Gasteiger partial charge in [-0.2, -0.15) is 0 Å². The maximum atomic E-state index is 3.32. The number of fused-ring (bicyclic) bond motifs is 9. The van der Waals surface area contributed by atoms with E-state index in [0.717, 1.165) is 104 Å². The monoisotopic (exact) mass is 908 g/mol. The van der Waals surface area contributed by atoms with Gasteiger partial charge in [0.05, 0.1) is 0 Å². The maximum Gasteiger partial charge on any atom is 0.0249 e. The molecule has 0 nitrogen and oxygen atoms in total. The topological polar surface area (TPSA) is 0 Å². The van der Waals surface area contributed by atoms with Crippen molar-refractivity contribution in [1.82, 2.24) is 0 Å². The van der Waals surface area contributed by atoms with Crippen molar-refractivity contribution in [1.29, 1.82) is 0 Å². The van der Waals surface area contributed by atoms with Gasteiger partial charge in [0.15, 0.2) is 0 Å². The Labute approximate surface area is 424 Å². The fourth-order valence-corrected chi connectivity index (χ4v) is 7.79.